The second-order valence-corrected chi connectivity index (χ2v) is 2.84. The smallest absolute Gasteiger partial charge is 0.333 e. The monoisotopic (exact) mass is 209 g/mol. The molecule has 0 aromatic heterocycles. The number of hydrogen-bond donors (Lipinski definition) is 3. The van der Waals surface area contributed by atoms with Crippen molar-refractivity contribution in [2.75, 3.05) is 19.0 Å². The summed E-state index contributed by atoms with van der Waals surface area (Å²) in [6.45, 7) is 2.57. The molecule has 0 aliphatic heterocycles. The minimum Gasteiger partial charge on any atom is -0.497 e. The Labute approximate surface area is 88.8 Å². The molecule has 0 fully saturated rings. The molecule has 0 aliphatic carbocycles. The van der Waals surface area contributed by atoms with Crippen LogP contribution < -0.4 is 20.9 Å². The first-order valence-corrected chi connectivity index (χ1v) is 4.70. The first-order valence-electron chi connectivity index (χ1n) is 4.70. The molecule has 0 heterocycles. The highest BCUT2D eigenvalue weighted by molar-refractivity contribution is 5.88. The minimum atomic E-state index is -0.290. The first kappa shape index (κ1) is 11.3. The lowest BCUT2D eigenvalue weighted by Gasteiger charge is -2.07. The maximum atomic E-state index is 11.2. The van der Waals surface area contributed by atoms with Crippen LogP contribution in [-0.2, 0) is 0 Å². The molecule has 0 spiro atoms. The van der Waals surface area contributed by atoms with E-state index in [2.05, 4.69) is 16.2 Å². The van der Waals surface area contributed by atoms with Gasteiger partial charge in [-0.15, -0.1) is 0 Å². The number of benzene rings is 1. The number of urea groups is 1. The van der Waals surface area contributed by atoms with Gasteiger partial charge in [0.2, 0.25) is 0 Å². The molecule has 3 N–H and O–H groups in total. The second kappa shape index (κ2) is 5.87. The van der Waals surface area contributed by atoms with Crippen LogP contribution in [-0.4, -0.2) is 19.7 Å². The van der Waals surface area contributed by atoms with E-state index in [-0.39, 0.29) is 6.03 Å². The van der Waals surface area contributed by atoms with E-state index in [4.69, 9.17) is 4.74 Å². The van der Waals surface area contributed by atoms with Crippen molar-refractivity contribution in [2.45, 2.75) is 6.92 Å². The van der Waals surface area contributed by atoms with Crippen LogP contribution in [0.5, 0.6) is 5.75 Å². The van der Waals surface area contributed by atoms with Gasteiger partial charge in [0, 0.05) is 12.2 Å². The van der Waals surface area contributed by atoms with Crippen LogP contribution in [0.1, 0.15) is 6.92 Å². The zero-order valence-corrected chi connectivity index (χ0v) is 8.83. The Morgan fingerprint density at radius 2 is 2.00 bits per heavy atom. The summed E-state index contributed by atoms with van der Waals surface area (Å²) in [5.74, 6) is 0.757. The maximum absolute atomic E-state index is 11.2. The highest BCUT2D eigenvalue weighted by Gasteiger charge is 1.99. The molecule has 1 aromatic carbocycles. The molecule has 0 saturated carbocycles. The van der Waals surface area contributed by atoms with E-state index in [1.807, 2.05) is 6.92 Å². The van der Waals surface area contributed by atoms with Crippen molar-refractivity contribution < 1.29 is 9.53 Å². The molecular weight excluding hydrogens is 194 g/mol. The zero-order valence-electron chi connectivity index (χ0n) is 8.83. The third-order valence-electron chi connectivity index (χ3n) is 1.73. The average Bonchev–Trinajstić information content (AvgIpc) is 2.27. The molecule has 2 amide bonds. The van der Waals surface area contributed by atoms with Gasteiger partial charge >= 0.3 is 6.03 Å². The lowest BCUT2D eigenvalue weighted by molar-refractivity contribution is 0.248. The van der Waals surface area contributed by atoms with Crippen LogP contribution in [0.15, 0.2) is 24.3 Å². The van der Waals surface area contributed by atoms with Gasteiger partial charge in [-0.2, -0.15) is 0 Å². The largest absolute Gasteiger partial charge is 0.497 e. The van der Waals surface area contributed by atoms with Crippen molar-refractivity contribution in [3.63, 3.8) is 0 Å². The van der Waals surface area contributed by atoms with Crippen molar-refractivity contribution >= 4 is 11.7 Å². The molecule has 0 saturated heterocycles. The van der Waals surface area contributed by atoms with Gasteiger partial charge in [-0.05, 0) is 24.3 Å². The minimum absolute atomic E-state index is 0.290. The summed E-state index contributed by atoms with van der Waals surface area (Å²) in [6, 6.07) is 6.81. The SMILES string of the molecule is CCNNC(=O)Nc1ccc(OC)cc1. The second-order valence-electron chi connectivity index (χ2n) is 2.84. The molecule has 0 unspecified atom stereocenters. The maximum Gasteiger partial charge on any atom is 0.333 e. The van der Waals surface area contributed by atoms with Crippen molar-refractivity contribution in [1.29, 1.82) is 0 Å². The molecule has 1 aromatic rings. The third-order valence-corrected chi connectivity index (χ3v) is 1.73. The summed E-state index contributed by atoms with van der Waals surface area (Å²) in [5.41, 5.74) is 5.90. The van der Waals surface area contributed by atoms with Crippen molar-refractivity contribution in [3.8, 4) is 5.75 Å². The van der Waals surface area contributed by atoms with Gasteiger partial charge < -0.3 is 10.1 Å². The van der Waals surface area contributed by atoms with Gasteiger partial charge in [-0.25, -0.2) is 10.2 Å². The molecule has 82 valence electrons. The van der Waals surface area contributed by atoms with Crippen LogP contribution in [0.25, 0.3) is 0 Å². The lowest BCUT2D eigenvalue weighted by Crippen LogP contribution is -2.40. The third kappa shape index (κ3) is 3.86. The fourth-order valence-electron chi connectivity index (χ4n) is 1.01. The molecule has 5 nitrogen and oxygen atoms in total. The predicted octanol–water partition coefficient (Wildman–Crippen LogP) is 1.34. The zero-order chi connectivity index (χ0) is 11.1. The number of rotatable bonds is 4. The van der Waals surface area contributed by atoms with E-state index in [0.717, 1.165) is 5.75 Å². The highest BCUT2D eigenvalue weighted by atomic mass is 16.5. The number of amides is 2. The first-order chi connectivity index (χ1) is 7.26. The highest BCUT2D eigenvalue weighted by Crippen LogP contribution is 2.14. The average molecular weight is 209 g/mol. The summed E-state index contributed by atoms with van der Waals surface area (Å²) in [4.78, 5) is 11.2. The van der Waals surface area contributed by atoms with Crippen molar-refractivity contribution in [1.82, 2.24) is 10.9 Å². The summed E-state index contributed by atoms with van der Waals surface area (Å²) in [7, 11) is 1.60. The van der Waals surface area contributed by atoms with Gasteiger partial charge in [-0.1, -0.05) is 6.92 Å². The van der Waals surface area contributed by atoms with E-state index in [1.54, 1.807) is 31.4 Å². The van der Waals surface area contributed by atoms with Crippen LogP contribution in [0.2, 0.25) is 0 Å². The van der Waals surface area contributed by atoms with Crippen LogP contribution in [0, 0.1) is 0 Å². The van der Waals surface area contributed by atoms with Crippen LogP contribution in [0.4, 0.5) is 10.5 Å². The van der Waals surface area contributed by atoms with Gasteiger partial charge in [0.05, 0.1) is 7.11 Å². The standard InChI is InChI=1S/C10H15N3O2/c1-3-11-13-10(14)12-8-4-6-9(15-2)7-5-8/h4-7,11H,3H2,1-2H3,(H2,12,13,14). The lowest BCUT2D eigenvalue weighted by atomic mass is 10.3. The number of methoxy groups -OCH3 is 1. The molecule has 0 bridgehead atoms. The van der Waals surface area contributed by atoms with Gasteiger partial charge in [0.1, 0.15) is 5.75 Å². The van der Waals surface area contributed by atoms with Crippen molar-refractivity contribution in [3.05, 3.63) is 24.3 Å². The molecular formula is C10H15N3O2. The molecule has 15 heavy (non-hydrogen) atoms. The Bertz CT molecular complexity index is 311. The summed E-state index contributed by atoms with van der Waals surface area (Å²) in [5, 5.41) is 2.66. The fourth-order valence-corrected chi connectivity index (χ4v) is 1.01. The fraction of sp³-hybridized carbons (Fsp3) is 0.300. The molecule has 0 atom stereocenters. The Hall–Kier alpha value is -1.75. The quantitative estimate of drug-likeness (QED) is 0.656. The summed E-state index contributed by atoms with van der Waals surface area (Å²) in [6.07, 6.45) is 0. The molecule has 0 radical (unpaired) electrons. The Morgan fingerprint density at radius 1 is 1.33 bits per heavy atom. The summed E-state index contributed by atoms with van der Waals surface area (Å²) < 4.78 is 5.00. The van der Waals surface area contributed by atoms with Gasteiger partial charge in [0.25, 0.3) is 0 Å². The number of carbonyl (C=O) groups is 1. The number of hydrogen-bond acceptors (Lipinski definition) is 3. The molecule has 1 rings (SSSR count). The van der Waals surface area contributed by atoms with Crippen molar-refractivity contribution in [2.24, 2.45) is 0 Å². The van der Waals surface area contributed by atoms with E-state index in [9.17, 15) is 4.79 Å². The Morgan fingerprint density at radius 3 is 2.53 bits per heavy atom. The number of carbonyl (C=O) groups excluding carboxylic acids is 1. The number of nitrogens with one attached hydrogen (secondary N) is 3. The number of hydrazine groups is 1. The number of ether oxygens (including phenoxy) is 1. The van der Waals surface area contributed by atoms with E-state index in [1.165, 1.54) is 0 Å². The van der Waals surface area contributed by atoms with Crippen LogP contribution >= 0.6 is 0 Å². The normalized spacial score (nSPS) is 9.47. The van der Waals surface area contributed by atoms with Crippen LogP contribution in [0.3, 0.4) is 0 Å². The Balaban J connectivity index is 2.46. The van der Waals surface area contributed by atoms with Gasteiger partial charge in [0.15, 0.2) is 0 Å². The molecule has 0 aliphatic rings. The van der Waals surface area contributed by atoms with E-state index in [0.29, 0.717) is 12.2 Å². The van der Waals surface area contributed by atoms with E-state index >= 15 is 0 Å². The van der Waals surface area contributed by atoms with Gasteiger partial charge in [-0.3, -0.25) is 5.43 Å². The number of anilines is 1. The van der Waals surface area contributed by atoms with E-state index < -0.39 is 0 Å². The summed E-state index contributed by atoms with van der Waals surface area (Å²) >= 11 is 0. The topological polar surface area (TPSA) is 62.4 Å². The predicted molar refractivity (Wildman–Crippen MR) is 58.8 cm³/mol. The molecule has 5 heteroatoms. The Kier molecular flexibility index (Phi) is 4.43.